The lowest BCUT2D eigenvalue weighted by Crippen LogP contribution is -3.12. The molecule has 0 radical (unpaired) electrons. The minimum Gasteiger partial charge on any atom is -0.492 e. The smallest absolute Gasteiger partial charge is 0.139 e. The maximum absolute atomic E-state index is 6.03. The fraction of sp³-hybridized carbons (Fsp3) is 0.571. The van der Waals surface area contributed by atoms with Crippen LogP contribution in [0.25, 0.3) is 0 Å². The van der Waals surface area contributed by atoms with Gasteiger partial charge in [-0.15, -0.1) is 0 Å². The lowest BCUT2D eigenvalue weighted by Gasteiger charge is -2.23. The zero-order valence-electron chi connectivity index (χ0n) is 10.6. The van der Waals surface area contributed by atoms with Crippen molar-refractivity contribution in [3.8, 4) is 5.75 Å². The molecule has 2 rings (SSSR count). The Hall–Kier alpha value is -0.440. The van der Waals surface area contributed by atoms with Crippen molar-refractivity contribution in [2.24, 2.45) is 0 Å². The summed E-state index contributed by atoms with van der Waals surface area (Å²) >= 11 is 11.9. The number of hydrogen-bond acceptors (Lipinski definition) is 1. The molecule has 100 valence electrons. The molecular weight excluding hydrogens is 269 g/mol. The summed E-state index contributed by atoms with van der Waals surface area (Å²) in [6, 6.07) is 5.32. The van der Waals surface area contributed by atoms with E-state index < -0.39 is 0 Å². The van der Waals surface area contributed by atoms with Crippen LogP contribution in [-0.4, -0.2) is 26.2 Å². The van der Waals surface area contributed by atoms with Gasteiger partial charge < -0.3 is 9.64 Å². The molecule has 0 atom stereocenters. The van der Waals surface area contributed by atoms with Crippen LogP contribution in [0.2, 0.25) is 10.0 Å². The lowest BCUT2D eigenvalue weighted by molar-refractivity contribution is -0.905. The van der Waals surface area contributed by atoms with Gasteiger partial charge in [0.2, 0.25) is 0 Å². The number of benzene rings is 1. The van der Waals surface area contributed by atoms with Crippen LogP contribution >= 0.6 is 23.2 Å². The second kappa shape index (κ2) is 7.22. The number of rotatable bonds is 5. The number of quaternary nitrogens is 1. The van der Waals surface area contributed by atoms with Crippen LogP contribution < -0.4 is 9.64 Å². The summed E-state index contributed by atoms with van der Waals surface area (Å²) in [4.78, 5) is 1.71. The second-order valence-electron chi connectivity index (χ2n) is 4.84. The number of likely N-dealkylation sites (tertiary alicyclic amines) is 1. The van der Waals surface area contributed by atoms with Gasteiger partial charge in [0, 0.05) is 17.5 Å². The number of piperidine rings is 1. The number of nitrogens with one attached hydrogen (secondary N) is 1. The zero-order valence-corrected chi connectivity index (χ0v) is 12.1. The Balaban J connectivity index is 1.69. The van der Waals surface area contributed by atoms with Gasteiger partial charge in [0.15, 0.2) is 0 Å². The van der Waals surface area contributed by atoms with E-state index in [1.54, 1.807) is 23.1 Å². The first-order valence-corrected chi connectivity index (χ1v) is 7.43. The zero-order chi connectivity index (χ0) is 12.8. The predicted octanol–water partition coefficient (Wildman–Crippen LogP) is 2.83. The highest BCUT2D eigenvalue weighted by Crippen LogP contribution is 2.27. The van der Waals surface area contributed by atoms with Crippen LogP contribution in [0.4, 0.5) is 0 Å². The summed E-state index contributed by atoms with van der Waals surface area (Å²) in [5.74, 6) is 0.692. The molecule has 0 aromatic heterocycles. The largest absolute Gasteiger partial charge is 0.492 e. The van der Waals surface area contributed by atoms with Crippen molar-refractivity contribution in [2.75, 3.05) is 26.2 Å². The molecule has 1 fully saturated rings. The quantitative estimate of drug-likeness (QED) is 0.823. The molecule has 4 heteroatoms. The Morgan fingerprint density at radius 2 is 1.89 bits per heavy atom. The van der Waals surface area contributed by atoms with E-state index in [0.717, 1.165) is 6.42 Å². The molecule has 1 heterocycles. The number of hydrogen-bond donors (Lipinski definition) is 1. The maximum Gasteiger partial charge on any atom is 0.139 e. The maximum atomic E-state index is 6.03. The Morgan fingerprint density at radius 1 is 1.11 bits per heavy atom. The molecule has 0 amide bonds. The summed E-state index contributed by atoms with van der Waals surface area (Å²) in [5.41, 5.74) is 0. The Bertz CT molecular complexity index is 378. The van der Waals surface area contributed by atoms with E-state index in [1.807, 2.05) is 0 Å². The van der Waals surface area contributed by atoms with Crippen LogP contribution in [0.1, 0.15) is 25.7 Å². The Kier molecular flexibility index (Phi) is 5.61. The Morgan fingerprint density at radius 3 is 2.67 bits per heavy atom. The van der Waals surface area contributed by atoms with Crippen molar-refractivity contribution in [3.05, 3.63) is 28.2 Å². The van der Waals surface area contributed by atoms with E-state index in [1.165, 1.54) is 38.9 Å². The highest BCUT2D eigenvalue weighted by molar-refractivity contribution is 6.34. The molecule has 1 aliphatic rings. The molecule has 0 bridgehead atoms. The molecule has 1 aliphatic heterocycles. The van der Waals surface area contributed by atoms with Gasteiger partial charge >= 0.3 is 0 Å². The molecule has 0 unspecified atom stereocenters. The topological polar surface area (TPSA) is 13.7 Å². The second-order valence-corrected chi connectivity index (χ2v) is 5.68. The van der Waals surface area contributed by atoms with Crippen molar-refractivity contribution in [1.82, 2.24) is 0 Å². The predicted molar refractivity (Wildman–Crippen MR) is 76.0 cm³/mol. The monoisotopic (exact) mass is 288 g/mol. The van der Waals surface area contributed by atoms with E-state index in [0.29, 0.717) is 22.4 Å². The average molecular weight is 289 g/mol. The summed E-state index contributed by atoms with van der Waals surface area (Å²) in [6.45, 7) is 4.54. The average Bonchev–Trinajstić information content (AvgIpc) is 2.40. The van der Waals surface area contributed by atoms with Crippen LogP contribution in [0, 0.1) is 0 Å². The fourth-order valence-electron chi connectivity index (χ4n) is 2.39. The third-order valence-corrected chi connectivity index (χ3v) is 3.93. The summed E-state index contributed by atoms with van der Waals surface area (Å²) in [6.07, 6.45) is 5.21. The van der Waals surface area contributed by atoms with Crippen molar-refractivity contribution in [2.45, 2.75) is 25.7 Å². The minimum atomic E-state index is 0.629. The molecule has 0 spiro atoms. The van der Waals surface area contributed by atoms with Crippen molar-refractivity contribution >= 4 is 23.2 Å². The first-order valence-electron chi connectivity index (χ1n) is 6.67. The van der Waals surface area contributed by atoms with Gasteiger partial charge in [-0.1, -0.05) is 23.2 Å². The van der Waals surface area contributed by atoms with Crippen LogP contribution in [0.15, 0.2) is 18.2 Å². The van der Waals surface area contributed by atoms with Crippen LogP contribution in [-0.2, 0) is 0 Å². The first-order chi connectivity index (χ1) is 8.75. The van der Waals surface area contributed by atoms with E-state index in [2.05, 4.69) is 0 Å². The molecule has 1 N–H and O–H groups in total. The third kappa shape index (κ3) is 4.34. The number of halogens is 2. The molecule has 2 nitrogen and oxygen atoms in total. The SMILES string of the molecule is Clc1ccc(Cl)c(OCCC[NH+]2CCCCC2)c1. The van der Waals surface area contributed by atoms with Gasteiger partial charge in [0.05, 0.1) is 31.3 Å². The molecule has 0 saturated carbocycles. The highest BCUT2D eigenvalue weighted by atomic mass is 35.5. The van der Waals surface area contributed by atoms with Crippen LogP contribution in [0.5, 0.6) is 5.75 Å². The van der Waals surface area contributed by atoms with Crippen LogP contribution in [0.3, 0.4) is 0 Å². The molecule has 1 saturated heterocycles. The van der Waals surface area contributed by atoms with Crippen molar-refractivity contribution in [1.29, 1.82) is 0 Å². The molecular formula is C14H20Cl2NO+. The molecule has 1 aromatic rings. The van der Waals surface area contributed by atoms with Gasteiger partial charge in [-0.3, -0.25) is 0 Å². The van der Waals surface area contributed by atoms with Crippen molar-refractivity contribution < 1.29 is 9.64 Å². The normalized spacial score (nSPS) is 16.8. The number of ether oxygens (including phenoxy) is 1. The van der Waals surface area contributed by atoms with E-state index in [-0.39, 0.29) is 0 Å². The van der Waals surface area contributed by atoms with Gasteiger partial charge in [-0.25, -0.2) is 0 Å². The standard InChI is InChI=1S/C14H19Cl2NO/c15-12-5-6-13(16)14(11-12)18-10-4-9-17-7-2-1-3-8-17/h5-6,11H,1-4,7-10H2/p+1. The minimum absolute atomic E-state index is 0.629. The highest BCUT2D eigenvalue weighted by Gasteiger charge is 2.12. The Labute approximate surface area is 119 Å². The van der Waals surface area contributed by atoms with Gasteiger partial charge in [0.25, 0.3) is 0 Å². The van der Waals surface area contributed by atoms with E-state index in [4.69, 9.17) is 27.9 Å². The molecule has 1 aromatic carbocycles. The lowest BCUT2D eigenvalue weighted by atomic mass is 10.1. The summed E-state index contributed by atoms with van der Waals surface area (Å²) in [5, 5.41) is 1.29. The van der Waals surface area contributed by atoms with E-state index >= 15 is 0 Å². The molecule has 18 heavy (non-hydrogen) atoms. The first kappa shape index (κ1) is 14.0. The van der Waals surface area contributed by atoms with Gasteiger partial charge in [-0.05, 0) is 31.4 Å². The van der Waals surface area contributed by atoms with Crippen molar-refractivity contribution in [3.63, 3.8) is 0 Å². The van der Waals surface area contributed by atoms with Gasteiger partial charge in [0.1, 0.15) is 5.75 Å². The van der Waals surface area contributed by atoms with E-state index in [9.17, 15) is 0 Å². The summed E-state index contributed by atoms with van der Waals surface area (Å²) < 4.78 is 5.68. The van der Waals surface area contributed by atoms with Gasteiger partial charge in [-0.2, -0.15) is 0 Å². The third-order valence-electron chi connectivity index (χ3n) is 3.39. The summed E-state index contributed by atoms with van der Waals surface area (Å²) in [7, 11) is 0. The fourth-order valence-corrected chi connectivity index (χ4v) is 2.73. The molecule has 0 aliphatic carbocycles.